The number of aromatic nitrogens is 3. The van der Waals surface area contributed by atoms with Crippen molar-refractivity contribution in [1.82, 2.24) is 19.9 Å². The molecule has 0 saturated heterocycles. The molecule has 5 nitrogen and oxygen atoms in total. The summed E-state index contributed by atoms with van der Waals surface area (Å²) in [5, 5.41) is 7.63. The lowest BCUT2D eigenvalue weighted by Crippen LogP contribution is -2.17. The second-order valence-corrected chi connectivity index (χ2v) is 3.65. The summed E-state index contributed by atoms with van der Waals surface area (Å²) in [6, 6.07) is 0. The van der Waals surface area contributed by atoms with E-state index in [9.17, 15) is 4.79 Å². The average molecular weight is 196 g/mol. The minimum absolute atomic E-state index is 0.208. The van der Waals surface area contributed by atoms with Crippen molar-refractivity contribution in [3.63, 3.8) is 0 Å². The van der Waals surface area contributed by atoms with Gasteiger partial charge < -0.3 is 4.90 Å². The van der Waals surface area contributed by atoms with Gasteiger partial charge in [0.25, 0.3) is 0 Å². The summed E-state index contributed by atoms with van der Waals surface area (Å²) in [6.07, 6.45) is 2.73. The molecule has 0 amide bonds. The molecule has 78 valence electrons. The van der Waals surface area contributed by atoms with Crippen LogP contribution in [0.15, 0.2) is 6.20 Å². The Kier molecular flexibility index (Phi) is 3.76. The predicted octanol–water partition coefficient (Wildman–Crippen LogP) is -0.122. The molecule has 1 aromatic heterocycles. The van der Waals surface area contributed by atoms with Crippen LogP contribution < -0.4 is 0 Å². The maximum absolute atomic E-state index is 11.4. The van der Waals surface area contributed by atoms with Crippen molar-refractivity contribution in [2.24, 2.45) is 7.05 Å². The summed E-state index contributed by atoms with van der Waals surface area (Å²) < 4.78 is 1.61. The molecule has 1 aromatic rings. The zero-order valence-electron chi connectivity index (χ0n) is 8.90. The second kappa shape index (κ2) is 4.85. The van der Waals surface area contributed by atoms with E-state index >= 15 is 0 Å². The van der Waals surface area contributed by atoms with Crippen molar-refractivity contribution in [2.75, 3.05) is 20.6 Å². The Labute approximate surface area is 83.7 Å². The highest BCUT2D eigenvalue weighted by Gasteiger charge is 2.06. The molecule has 0 radical (unpaired) electrons. The number of Topliss-reactive ketones (excluding diaryl/α,β-unsaturated/α-hetero) is 1. The van der Waals surface area contributed by atoms with E-state index < -0.39 is 0 Å². The number of aryl methyl sites for hydroxylation is 1. The van der Waals surface area contributed by atoms with Crippen LogP contribution in [-0.2, 0) is 18.3 Å². The summed E-state index contributed by atoms with van der Waals surface area (Å²) in [5.74, 6) is 0.208. The third-order valence-corrected chi connectivity index (χ3v) is 1.87. The van der Waals surface area contributed by atoms with Gasteiger partial charge in [0.05, 0.1) is 12.1 Å². The molecule has 0 unspecified atom stereocenters. The predicted molar refractivity (Wildman–Crippen MR) is 52.9 cm³/mol. The minimum Gasteiger partial charge on any atom is -0.309 e. The van der Waals surface area contributed by atoms with Gasteiger partial charge in [-0.2, -0.15) is 0 Å². The molecule has 0 bridgehead atoms. The first kappa shape index (κ1) is 10.8. The van der Waals surface area contributed by atoms with Gasteiger partial charge in [-0.15, -0.1) is 5.10 Å². The molecule has 0 spiro atoms. The first-order valence-electron chi connectivity index (χ1n) is 4.59. The Balaban J connectivity index is 2.34. The fourth-order valence-electron chi connectivity index (χ4n) is 1.11. The lowest BCUT2D eigenvalue weighted by molar-refractivity contribution is -0.118. The van der Waals surface area contributed by atoms with Crippen molar-refractivity contribution >= 4 is 5.78 Å². The lowest BCUT2D eigenvalue weighted by Gasteiger charge is -2.07. The van der Waals surface area contributed by atoms with E-state index in [4.69, 9.17) is 0 Å². The first-order valence-corrected chi connectivity index (χ1v) is 4.59. The van der Waals surface area contributed by atoms with Crippen LogP contribution >= 0.6 is 0 Å². The van der Waals surface area contributed by atoms with Gasteiger partial charge in [-0.05, 0) is 14.1 Å². The molecule has 14 heavy (non-hydrogen) atoms. The number of rotatable bonds is 5. The topological polar surface area (TPSA) is 51.0 Å². The zero-order valence-corrected chi connectivity index (χ0v) is 8.90. The van der Waals surface area contributed by atoms with Crippen molar-refractivity contribution in [2.45, 2.75) is 12.8 Å². The van der Waals surface area contributed by atoms with Gasteiger partial charge in [0.1, 0.15) is 5.78 Å². The molecule has 0 aliphatic carbocycles. The number of carbonyl (C=O) groups excluding carboxylic acids is 1. The molecule has 1 rings (SSSR count). The summed E-state index contributed by atoms with van der Waals surface area (Å²) in [5.41, 5.74) is 0.747. The van der Waals surface area contributed by atoms with Gasteiger partial charge in [-0.1, -0.05) is 5.21 Å². The number of ketones is 1. The highest BCUT2D eigenvalue weighted by atomic mass is 16.1. The standard InChI is InChI=1S/C9H16N4O/c1-12(2)5-4-9(14)6-8-7-13(3)11-10-8/h7H,4-6H2,1-3H3. The molecule has 0 aliphatic heterocycles. The maximum Gasteiger partial charge on any atom is 0.140 e. The molecule has 0 saturated carbocycles. The van der Waals surface area contributed by atoms with Gasteiger partial charge in [0, 0.05) is 26.2 Å². The average Bonchev–Trinajstić information content (AvgIpc) is 2.48. The quantitative estimate of drug-likeness (QED) is 0.658. The van der Waals surface area contributed by atoms with Gasteiger partial charge in [-0.3, -0.25) is 9.48 Å². The van der Waals surface area contributed by atoms with Crippen molar-refractivity contribution in [1.29, 1.82) is 0 Å². The molecule has 0 fully saturated rings. The smallest absolute Gasteiger partial charge is 0.140 e. The van der Waals surface area contributed by atoms with Crippen LogP contribution in [0.5, 0.6) is 0 Å². The third-order valence-electron chi connectivity index (χ3n) is 1.87. The van der Waals surface area contributed by atoms with Crippen molar-refractivity contribution < 1.29 is 4.79 Å². The van der Waals surface area contributed by atoms with E-state index in [1.807, 2.05) is 19.0 Å². The van der Waals surface area contributed by atoms with E-state index in [1.54, 1.807) is 17.9 Å². The summed E-state index contributed by atoms with van der Waals surface area (Å²) >= 11 is 0. The van der Waals surface area contributed by atoms with Crippen LogP contribution in [-0.4, -0.2) is 46.3 Å². The van der Waals surface area contributed by atoms with E-state index in [0.717, 1.165) is 12.2 Å². The highest BCUT2D eigenvalue weighted by molar-refractivity contribution is 5.80. The largest absolute Gasteiger partial charge is 0.309 e. The molecule has 0 N–H and O–H groups in total. The normalized spacial score (nSPS) is 10.9. The van der Waals surface area contributed by atoms with Crippen molar-refractivity contribution in [3.05, 3.63) is 11.9 Å². The number of carbonyl (C=O) groups is 1. The van der Waals surface area contributed by atoms with E-state index in [1.165, 1.54) is 0 Å². The third kappa shape index (κ3) is 3.66. The minimum atomic E-state index is 0.208. The van der Waals surface area contributed by atoms with Gasteiger partial charge in [0.15, 0.2) is 0 Å². The van der Waals surface area contributed by atoms with Crippen LogP contribution in [0.4, 0.5) is 0 Å². The van der Waals surface area contributed by atoms with Crippen LogP contribution in [0, 0.1) is 0 Å². The molecular formula is C9H16N4O. The number of hydrogen-bond acceptors (Lipinski definition) is 4. The highest BCUT2D eigenvalue weighted by Crippen LogP contribution is 1.97. The number of nitrogens with zero attached hydrogens (tertiary/aromatic N) is 4. The van der Waals surface area contributed by atoms with Crippen LogP contribution in [0.3, 0.4) is 0 Å². The second-order valence-electron chi connectivity index (χ2n) is 3.65. The fraction of sp³-hybridized carbons (Fsp3) is 0.667. The molecular weight excluding hydrogens is 180 g/mol. The number of hydrogen-bond donors (Lipinski definition) is 0. The van der Waals surface area contributed by atoms with Crippen LogP contribution in [0.25, 0.3) is 0 Å². The van der Waals surface area contributed by atoms with Crippen molar-refractivity contribution in [3.8, 4) is 0 Å². The Morgan fingerprint density at radius 2 is 2.29 bits per heavy atom. The van der Waals surface area contributed by atoms with Crippen LogP contribution in [0.2, 0.25) is 0 Å². The van der Waals surface area contributed by atoms with Gasteiger partial charge >= 0.3 is 0 Å². The Bertz CT molecular complexity index is 306. The van der Waals surface area contributed by atoms with E-state index in [0.29, 0.717) is 12.8 Å². The zero-order chi connectivity index (χ0) is 10.6. The fourth-order valence-corrected chi connectivity index (χ4v) is 1.11. The summed E-state index contributed by atoms with van der Waals surface area (Å²) in [4.78, 5) is 13.4. The Morgan fingerprint density at radius 1 is 1.57 bits per heavy atom. The SMILES string of the molecule is CN(C)CCC(=O)Cc1cn(C)nn1. The Hall–Kier alpha value is -1.23. The molecule has 0 aliphatic rings. The van der Waals surface area contributed by atoms with Gasteiger partial charge in [-0.25, -0.2) is 0 Å². The van der Waals surface area contributed by atoms with E-state index in [2.05, 4.69) is 10.3 Å². The Morgan fingerprint density at radius 3 is 2.79 bits per heavy atom. The van der Waals surface area contributed by atoms with Gasteiger partial charge in [0.2, 0.25) is 0 Å². The molecule has 0 aromatic carbocycles. The molecule has 1 heterocycles. The summed E-state index contributed by atoms with van der Waals surface area (Å²) in [7, 11) is 5.70. The maximum atomic E-state index is 11.4. The first-order chi connectivity index (χ1) is 6.58. The lowest BCUT2D eigenvalue weighted by atomic mass is 10.2. The molecule has 0 atom stereocenters. The summed E-state index contributed by atoms with van der Waals surface area (Å²) in [6.45, 7) is 0.791. The van der Waals surface area contributed by atoms with Crippen LogP contribution in [0.1, 0.15) is 12.1 Å². The monoisotopic (exact) mass is 196 g/mol. The molecule has 5 heteroatoms. The van der Waals surface area contributed by atoms with E-state index in [-0.39, 0.29) is 5.78 Å².